The number of carbonyl (C=O) groups excluding carboxylic acids is 1. The number of nitrogens with zero attached hydrogens (tertiary/aromatic N) is 5. The molecule has 0 radical (unpaired) electrons. The summed E-state index contributed by atoms with van der Waals surface area (Å²) in [5.41, 5.74) is 2.66. The standard InChI is InChI=1S/C20H27N5OS/c1-5-15-9-8-10-17-18(15)21-20(27-17)25(14-13-24(6-2)7-3)19(26)16-11-12-23(4)22-16/h8-12H,5-7,13-14H2,1-4H3. The normalized spacial score (nSPS) is 11.4. The smallest absolute Gasteiger partial charge is 0.280 e. The average Bonchev–Trinajstić information content (AvgIpc) is 3.30. The maximum Gasteiger partial charge on any atom is 0.280 e. The van der Waals surface area contributed by atoms with Crippen LogP contribution in [0.1, 0.15) is 36.8 Å². The van der Waals surface area contributed by atoms with Crippen LogP contribution < -0.4 is 4.90 Å². The first-order valence-corrected chi connectivity index (χ1v) is 10.3. The molecule has 6 nitrogen and oxygen atoms in total. The first kappa shape index (κ1) is 19.5. The fourth-order valence-corrected chi connectivity index (χ4v) is 4.17. The zero-order valence-electron chi connectivity index (χ0n) is 16.5. The highest BCUT2D eigenvalue weighted by Crippen LogP contribution is 2.31. The van der Waals surface area contributed by atoms with E-state index in [2.05, 4.69) is 49.0 Å². The van der Waals surface area contributed by atoms with Crippen LogP contribution in [-0.4, -0.2) is 51.8 Å². The maximum atomic E-state index is 13.2. The van der Waals surface area contributed by atoms with Crippen LogP contribution in [0.15, 0.2) is 30.5 Å². The molecular weight excluding hydrogens is 358 g/mol. The number of rotatable bonds is 8. The van der Waals surface area contributed by atoms with Gasteiger partial charge in [-0.05, 0) is 37.2 Å². The van der Waals surface area contributed by atoms with E-state index in [1.807, 2.05) is 7.05 Å². The van der Waals surface area contributed by atoms with Gasteiger partial charge in [0.2, 0.25) is 0 Å². The largest absolute Gasteiger partial charge is 0.302 e. The first-order chi connectivity index (χ1) is 13.1. The number of carbonyl (C=O) groups is 1. The molecule has 0 aliphatic carbocycles. The van der Waals surface area contributed by atoms with E-state index in [1.54, 1.807) is 33.2 Å². The quantitative estimate of drug-likeness (QED) is 0.595. The van der Waals surface area contributed by atoms with Gasteiger partial charge in [0, 0.05) is 26.3 Å². The van der Waals surface area contributed by atoms with Crippen molar-refractivity contribution in [2.75, 3.05) is 31.1 Å². The number of aryl methyl sites for hydroxylation is 2. The lowest BCUT2D eigenvalue weighted by atomic mass is 10.1. The molecule has 2 aromatic heterocycles. The fourth-order valence-electron chi connectivity index (χ4n) is 3.13. The zero-order valence-corrected chi connectivity index (χ0v) is 17.3. The minimum atomic E-state index is -0.0974. The molecule has 0 aliphatic heterocycles. The van der Waals surface area contributed by atoms with Crippen molar-refractivity contribution >= 4 is 32.6 Å². The van der Waals surface area contributed by atoms with Gasteiger partial charge in [-0.2, -0.15) is 5.10 Å². The Balaban J connectivity index is 1.97. The zero-order chi connectivity index (χ0) is 19.4. The molecule has 1 aromatic carbocycles. The van der Waals surface area contributed by atoms with Crippen molar-refractivity contribution in [2.45, 2.75) is 27.2 Å². The lowest BCUT2D eigenvalue weighted by molar-refractivity contribution is 0.0978. The Morgan fingerprint density at radius 3 is 2.56 bits per heavy atom. The second-order valence-electron chi connectivity index (χ2n) is 6.47. The van der Waals surface area contributed by atoms with Crippen LogP contribution in [0.25, 0.3) is 10.2 Å². The molecule has 0 aliphatic rings. The second-order valence-corrected chi connectivity index (χ2v) is 7.48. The van der Waals surface area contributed by atoms with Crippen molar-refractivity contribution in [3.05, 3.63) is 41.7 Å². The van der Waals surface area contributed by atoms with E-state index in [-0.39, 0.29) is 5.91 Å². The van der Waals surface area contributed by atoms with E-state index >= 15 is 0 Å². The van der Waals surface area contributed by atoms with E-state index in [1.165, 1.54) is 5.56 Å². The number of likely N-dealkylation sites (N-methyl/N-ethyl adjacent to an activating group) is 1. The first-order valence-electron chi connectivity index (χ1n) is 9.49. The molecule has 0 bridgehead atoms. The molecule has 3 aromatic rings. The van der Waals surface area contributed by atoms with Crippen molar-refractivity contribution in [3.63, 3.8) is 0 Å². The number of hydrogen-bond acceptors (Lipinski definition) is 5. The summed E-state index contributed by atoms with van der Waals surface area (Å²) in [5, 5.41) is 5.04. The van der Waals surface area contributed by atoms with E-state index in [0.717, 1.165) is 41.4 Å². The molecule has 1 amide bonds. The molecule has 0 atom stereocenters. The van der Waals surface area contributed by atoms with Crippen LogP contribution in [0.5, 0.6) is 0 Å². The summed E-state index contributed by atoms with van der Waals surface area (Å²) in [6.45, 7) is 9.73. The van der Waals surface area contributed by atoms with E-state index in [4.69, 9.17) is 4.98 Å². The Hall–Kier alpha value is -2.25. The van der Waals surface area contributed by atoms with Gasteiger partial charge in [0.05, 0.1) is 10.2 Å². The number of hydrogen-bond donors (Lipinski definition) is 0. The van der Waals surface area contributed by atoms with Gasteiger partial charge in [0.15, 0.2) is 10.8 Å². The van der Waals surface area contributed by atoms with Gasteiger partial charge in [0.25, 0.3) is 5.91 Å². The highest BCUT2D eigenvalue weighted by molar-refractivity contribution is 7.22. The number of amides is 1. The molecule has 2 heterocycles. The number of thiazole rings is 1. The minimum Gasteiger partial charge on any atom is -0.302 e. The van der Waals surface area contributed by atoms with Gasteiger partial charge in [0.1, 0.15) is 0 Å². The predicted octanol–water partition coefficient (Wildman–Crippen LogP) is 3.58. The van der Waals surface area contributed by atoms with Crippen molar-refractivity contribution in [1.82, 2.24) is 19.7 Å². The number of benzene rings is 1. The van der Waals surface area contributed by atoms with Crippen LogP contribution in [0.3, 0.4) is 0 Å². The van der Waals surface area contributed by atoms with Crippen LogP contribution in [0.2, 0.25) is 0 Å². The molecular formula is C20H27N5OS. The van der Waals surface area contributed by atoms with Gasteiger partial charge < -0.3 is 4.90 Å². The summed E-state index contributed by atoms with van der Waals surface area (Å²) in [6.07, 6.45) is 2.72. The van der Waals surface area contributed by atoms with Crippen molar-refractivity contribution in [2.24, 2.45) is 7.05 Å². The van der Waals surface area contributed by atoms with Gasteiger partial charge in [-0.25, -0.2) is 4.98 Å². The second kappa shape index (κ2) is 8.63. The van der Waals surface area contributed by atoms with Gasteiger partial charge in [-0.15, -0.1) is 0 Å². The Morgan fingerprint density at radius 1 is 1.15 bits per heavy atom. The molecule has 0 unspecified atom stereocenters. The Kier molecular flexibility index (Phi) is 6.23. The summed E-state index contributed by atoms with van der Waals surface area (Å²) >= 11 is 1.57. The summed E-state index contributed by atoms with van der Waals surface area (Å²) < 4.78 is 2.77. The van der Waals surface area contributed by atoms with Gasteiger partial charge in [-0.3, -0.25) is 14.4 Å². The highest BCUT2D eigenvalue weighted by atomic mass is 32.1. The molecule has 0 spiro atoms. The summed E-state index contributed by atoms with van der Waals surface area (Å²) in [6, 6.07) is 8.00. The Morgan fingerprint density at radius 2 is 1.93 bits per heavy atom. The third-order valence-electron chi connectivity index (χ3n) is 4.82. The summed E-state index contributed by atoms with van der Waals surface area (Å²) in [4.78, 5) is 22.1. The van der Waals surface area contributed by atoms with Crippen LogP contribution in [0.4, 0.5) is 5.13 Å². The summed E-state index contributed by atoms with van der Waals surface area (Å²) in [7, 11) is 1.82. The lowest BCUT2D eigenvalue weighted by Gasteiger charge is -2.24. The van der Waals surface area contributed by atoms with E-state index in [0.29, 0.717) is 12.2 Å². The number of para-hydroxylation sites is 1. The van der Waals surface area contributed by atoms with E-state index in [9.17, 15) is 4.79 Å². The monoisotopic (exact) mass is 385 g/mol. The number of anilines is 1. The number of aromatic nitrogens is 3. The van der Waals surface area contributed by atoms with Crippen molar-refractivity contribution in [3.8, 4) is 0 Å². The van der Waals surface area contributed by atoms with Gasteiger partial charge >= 0.3 is 0 Å². The van der Waals surface area contributed by atoms with E-state index < -0.39 is 0 Å². The maximum absolute atomic E-state index is 13.2. The Labute approximate surface area is 164 Å². The minimum absolute atomic E-state index is 0.0974. The predicted molar refractivity (Wildman–Crippen MR) is 112 cm³/mol. The van der Waals surface area contributed by atoms with Crippen LogP contribution in [-0.2, 0) is 13.5 Å². The number of fused-ring (bicyclic) bond motifs is 1. The average molecular weight is 386 g/mol. The summed E-state index contributed by atoms with van der Waals surface area (Å²) in [5.74, 6) is -0.0974. The molecule has 0 N–H and O–H groups in total. The third-order valence-corrected chi connectivity index (χ3v) is 5.86. The van der Waals surface area contributed by atoms with Crippen LogP contribution >= 0.6 is 11.3 Å². The van der Waals surface area contributed by atoms with Gasteiger partial charge in [-0.1, -0.05) is 44.2 Å². The van der Waals surface area contributed by atoms with Crippen molar-refractivity contribution in [1.29, 1.82) is 0 Å². The molecule has 27 heavy (non-hydrogen) atoms. The molecule has 0 saturated heterocycles. The topological polar surface area (TPSA) is 54.3 Å². The van der Waals surface area contributed by atoms with Crippen LogP contribution in [0, 0.1) is 0 Å². The lowest BCUT2D eigenvalue weighted by Crippen LogP contribution is -2.39. The Bertz CT molecular complexity index is 912. The molecule has 144 valence electrons. The molecule has 3 rings (SSSR count). The van der Waals surface area contributed by atoms with Crippen molar-refractivity contribution < 1.29 is 4.79 Å². The third kappa shape index (κ3) is 4.20. The highest BCUT2D eigenvalue weighted by Gasteiger charge is 2.24. The molecule has 7 heteroatoms. The SMILES string of the molecule is CCc1cccc2sc(N(CCN(CC)CC)C(=O)c3ccn(C)n3)nc12. The molecule has 0 fully saturated rings. The molecule has 0 saturated carbocycles. The fraction of sp³-hybridized carbons (Fsp3) is 0.450.